The first-order valence-corrected chi connectivity index (χ1v) is 9.00. The molecule has 0 unspecified atom stereocenters. The molecule has 2 N–H and O–H groups in total. The van der Waals surface area contributed by atoms with E-state index in [9.17, 15) is 10.2 Å². The maximum atomic E-state index is 9.43. The van der Waals surface area contributed by atoms with E-state index in [4.69, 9.17) is 0 Å². The molecular weight excluding hydrogens is 320 g/mol. The smallest absolute Gasteiger partial charge is 0.165 e. The van der Waals surface area contributed by atoms with Gasteiger partial charge in [0.15, 0.2) is 17.0 Å². The van der Waals surface area contributed by atoms with Gasteiger partial charge in [-0.15, -0.1) is 0 Å². The van der Waals surface area contributed by atoms with E-state index in [0.29, 0.717) is 5.65 Å². The summed E-state index contributed by atoms with van der Waals surface area (Å²) in [5.74, 6) is 1.57. The van der Waals surface area contributed by atoms with Crippen molar-refractivity contribution in [1.29, 1.82) is 0 Å². The van der Waals surface area contributed by atoms with E-state index in [1.165, 1.54) is 0 Å². The lowest BCUT2D eigenvalue weighted by Crippen LogP contribution is -2.38. The normalized spacial score (nSPS) is 16.5. The van der Waals surface area contributed by atoms with Crippen molar-refractivity contribution in [3.8, 4) is 0 Å². The van der Waals surface area contributed by atoms with Crippen molar-refractivity contribution in [2.45, 2.75) is 25.8 Å². The zero-order valence-corrected chi connectivity index (χ0v) is 15.0. The van der Waals surface area contributed by atoms with Crippen LogP contribution >= 0.6 is 0 Å². The second kappa shape index (κ2) is 8.07. The van der Waals surface area contributed by atoms with Gasteiger partial charge in [-0.25, -0.2) is 15.0 Å². The zero-order valence-electron chi connectivity index (χ0n) is 15.0. The van der Waals surface area contributed by atoms with Gasteiger partial charge in [0.25, 0.3) is 0 Å². The number of rotatable bonds is 7. The molecule has 138 valence electrons. The quantitative estimate of drug-likeness (QED) is 0.754. The highest BCUT2D eigenvalue weighted by Gasteiger charge is 2.24. The molecule has 3 heterocycles. The summed E-state index contributed by atoms with van der Waals surface area (Å²) in [7, 11) is 2.17. The second-order valence-electron chi connectivity index (χ2n) is 6.83. The first-order chi connectivity index (χ1) is 12.2. The van der Waals surface area contributed by atoms with Crippen LogP contribution in [-0.2, 0) is 0 Å². The van der Waals surface area contributed by atoms with E-state index in [-0.39, 0.29) is 13.2 Å². The Morgan fingerprint density at radius 2 is 1.92 bits per heavy atom. The Balaban J connectivity index is 1.77. The average molecular weight is 348 g/mol. The van der Waals surface area contributed by atoms with Crippen molar-refractivity contribution >= 4 is 17.0 Å². The summed E-state index contributed by atoms with van der Waals surface area (Å²) < 4.78 is 1.73. The number of anilines is 1. The fourth-order valence-electron chi connectivity index (χ4n) is 3.47. The molecule has 0 amide bonds. The van der Waals surface area contributed by atoms with E-state index in [1.807, 2.05) is 0 Å². The Morgan fingerprint density at radius 3 is 2.56 bits per heavy atom. The van der Waals surface area contributed by atoms with Gasteiger partial charge in [-0.3, -0.25) is 0 Å². The number of aliphatic hydroxyl groups is 2. The molecule has 0 spiro atoms. The lowest BCUT2D eigenvalue weighted by molar-refractivity contribution is 0.156. The van der Waals surface area contributed by atoms with Crippen LogP contribution in [0.4, 0.5) is 5.82 Å². The Kier molecular flexibility index (Phi) is 5.82. The van der Waals surface area contributed by atoms with Gasteiger partial charge < -0.3 is 24.6 Å². The minimum atomic E-state index is -0.428. The Morgan fingerprint density at radius 1 is 1.20 bits per heavy atom. The third kappa shape index (κ3) is 3.75. The summed E-state index contributed by atoms with van der Waals surface area (Å²) in [5, 5.41) is 18.9. The van der Waals surface area contributed by atoms with Crippen molar-refractivity contribution in [3.05, 3.63) is 12.7 Å². The van der Waals surface area contributed by atoms with E-state index < -0.39 is 6.04 Å². The number of imidazole rings is 1. The van der Waals surface area contributed by atoms with Gasteiger partial charge in [0, 0.05) is 19.6 Å². The topological polar surface area (TPSA) is 90.5 Å². The number of aromatic nitrogens is 4. The molecule has 0 aliphatic carbocycles. The first kappa shape index (κ1) is 18.0. The third-order valence-electron chi connectivity index (χ3n) is 5.18. The summed E-state index contributed by atoms with van der Waals surface area (Å²) in [6, 6.07) is -0.428. The molecule has 0 saturated carbocycles. The molecular formula is C17H28N6O2. The molecule has 0 atom stereocenters. The molecule has 3 rings (SSSR count). The lowest BCUT2D eigenvalue weighted by Gasteiger charge is -2.34. The number of nitrogens with zero attached hydrogens (tertiary/aromatic N) is 6. The molecule has 1 aliphatic rings. The van der Waals surface area contributed by atoms with Crippen LogP contribution in [0, 0.1) is 5.92 Å². The van der Waals surface area contributed by atoms with Crippen LogP contribution in [-0.4, -0.2) is 81.1 Å². The van der Waals surface area contributed by atoms with Crippen LogP contribution in [0.3, 0.4) is 0 Å². The van der Waals surface area contributed by atoms with Gasteiger partial charge >= 0.3 is 0 Å². The number of hydrogen-bond donors (Lipinski definition) is 2. The number of fused-ring (bicyclic) bond motifs is 1. The molecule has 1 fully saturated rings. The van der Waals surface area contributed by atoms with Gasteiger partial charge in [-0.05, 0) is 32.4 Å². The molecule has 2 aromatic heterocycles. The van der Waals surface area contributed by atoms with E-state index >= 15 is 0 Å². The molecule has 0 radical (unpaired) electrons. The monoisotopic (exact) mass is 348 g/mol. The van der Waals surface area contributed by atoms with Crippen LogP contribution in [0.1, 0.15) is 25.8 Å². The minimum absolute atomic E-state index is 0.155. The predicted molar refractivity (Wildman–Crippen MR) is 96.6 cm³/mol. The highest BCUT2D eigenvalue weighted by atomic mass is 16.3. The molecule has 1 saturated heterocycles. The molecule has 0 bridgehead atoms. The molecule has 1 aliphatic heterocycles. The number of piperidine rings is 1. The SMILES string of the molecule is CCN(C)CC1CCN(c2ncnc3c2ncn3C(CO)CO)CC1. The van der Waals surface area contributed by atoms with E-state index in [2.05, 4.69) is 38.7 Å². The fourth-order valence-corrected chi connectivity index (χ4v) is 3.47. The van der Waals surface area contributed by atoms with Crippen LogP contribution in [0.5, 0.6) is 0 Å². The molecule has 2 aromatic rings. The molecule has 8 heteroatoms. The lowest BCUT2D eigenvalue weighted by atomic mass is 9.96. The summed E-state index contributed by atoms with van der Waals surface area (Å²) in [4.78, 5) is 17.9. The zero-order chi connectivity index (χ0) is 17.8. The predicted octanol–water partition coefficient (Wildman–Crippen LogP) is 0.520. The molecule has 0 aromatic carbocycles. The summed E-state index contributed by atoms with van der Waals surface area (Å²) in [6.07, 6.45) is 5.46. The second-order valence-corrected chi connectivity index (χ2v) is 6.83. The van der Waals surface area contributed by atoms with Crippen LogP contribution < -0.4 is 4.90 Å². The van der Waals surface area contributed by atoms with Gasteiger partial charge in [-0.2, -0.15) is 0 Å². The largest absolute Gasteiger partial charge is 0.394 e. The molecule has 25 heavy (non-hydrogen) atoms. The van der Waals surface area contributed by atoms with E-state index in [1.54, 1.807) is 17.2 Å². The standard InChI is InChI=1S/C17H28N6O2/c1-3-21(2)8-13-4-6-22(7-5-13)16-15-17(19-11-18-16)23(12-20-15)14(9-24)10-25/h11-14,24-25H,3-10H2,1-2H3. The van der Waals surface area contributed by atoms with Gasteiger partial charge in [0.1, 0.15) is 6.33 Å². The molecule has 8 nitrogen and oxygen atoms in total. The van der Waals surface area contributed by atoms with Gasteiger partial charge in [0.2, 0.25) is 0 Å². The van der Waals surface area contributed by atoms with Crippen molar-refractivity contribution in [2.75, 3.05) is 51.3 Å². The Labute approximate surface area is 148 Å². The number of hydrogen-bond acceptors (Lipinski definition) is 7. The Hall–Kier alpha value is -1.77. The highest BCUT2D eigenvalue weighted by Crippen LogP contribution is 2.27. The summed E-state index contributed by atoms with van der Waals surface area (Å²) in [6.45, 7) is 6.04. The maximum absolute atomic E-state index is 9.43. The average Bonchev–Trinajstić information content (AvgIpc) is 3.07. The third-order valence-corrected chi connectivity index (χ3v) is 5.18. The maximum Gasteiger partial charge on any atom is 0.165 e. The van der Waals surface area contributed by atoms with Crippen molar-refractivity contribution in [2.24, 2.45) is 5.92 Å². The van der Waals surface area contributed by atoms with Gasteiger partial charge in [-0.1, -0.05) is 6.92 Å². The van der Waals surface area contributed by atoms with Crippen LogP contribution in [0.2, 0.25) is 0 Å². The highest BCUT2D eigenvalue weighted by molar-refractivity contribution is 5.83. The van der Waals surface area contributed by atoms with Crippen molar-refractivity contribution < 1.29 is 10.2 Å². The van der Waals surface area contributed by atoms with E-state index in [0.717, 1.165) is 56.3 Å². The van der Waals surface area contributed by atoms with Gasteiger partial charge in [0.05, 0.1) is 25.6 Å². The first-order valence-electron chi connectivity index (χ1n) is 9.00. The summed E-state index contributed by atoms with van der Waals surface area (Å²) in [5.41, 5.74) is 1.39. The summed E-state index contributed by atoms with van der Waals surface area (Å²) >= 11 is 0. The minimum Gasteiger partial charge on any atom is -0.394 e. The van der Waals surface area contributed by atoms with Crippen LogP contribution in [0.25, 0.3) is 11.2 Å². The van der Waals surface area contributed by atoms with Crippen molar-refractivity contribution in [3.63, 3.8) is 0 Å². The Bertz CT molecular complexity index is 679. The fraction of sp³-hybridized carbons (Fsp3) is 0.706. The number of aliphatic hydroxyl groups excluding tert-OH is 2. The van der Waals surface area contributed by atoms with Crippen LogP contribution in [0.15, 0.2) is 12.7 Å². The van der Waals surface area contributed by atoms with Crippen molar-refractivity contribution in [1.82, 2.24) is 24.4 Å².